The first-order chi connectivity index (χ1) is 15.5. The lowest BCUT2D eigenvalue weighted by molar-refractivity contribution is -0.145. The van der Waals surface area contributed by atoms with Gasteiger partial charge in [-0.05, 0) is 36.6 Å². The fourth-order valence-electron chi connectivity index (χ4n) is 3.53. The monoisotopic (exact) mass is 430 g/mol. The summed E-state index contributed by atoms with van der Waals surface area (Å²) >= 11 is 0. The summed E-state index contributed by atoms with van der Waals surface area (Å²) in [6.45, 7) is 0.426. The number of anilines is 1. The van der Waals surface area contributed by atoms with Crippen molar-refractivity contribution in [3.05, 3.63) is 77.4 Å². The van der Waals surface area contributed by atoms with Gasteiger partial charge in [-0.1, -0.05) is 42.2 Å². The number of carbonyl (C=O) groups excluding carboxylic acids is 2. The Balaban J connectivity index is 1.39. The first-order valence-corrected chi connectivity index (χ1v) is 10.3. The molecular weight excluding hydrogens is 408 g/mol. The summed E-state index contributed by atoms with van der Waals surface area (Å²) in [4.78, 5) is 31.8. The van der Waals surface area contributed by atoms with Gasteiger partial charge in [0.15, 0.2) is 0 Å². The zero-order valence-corrected chi connectivity index (χ0v) is 17.3. The average molecular weight is 430 g/mol. The van der Waals surface area contributed by atoms with Gasteiger partial charge in [0, 0.05) is 36.1 Å². The van der Waals surface area contributed by atoms with E-state index in [1.165, 1.54) is 12.1 Å². The molecule has 0 saturated carbocycles. The maximum absolute atomic E-state index is 13.1. The first-order valence-electron chi connectivity index (χ1n) is 10.3. The summed E-state index contributed by atoms with van der Waals surface area (Å²) in [6, 6.07) is 17.8. The van der Waals surface area contributed by atoms with Crippen molar-refractivity contribution in [2.24, 2.45) is 0 Å². The number of aromatic nitrogens is 1. The maximum Gasteiger partial charge on any atom is 0.333 e. The number of aromatic hydroxyl groups is 2. The van der Waals surface area contributed by atoms with Crippen molar-refractivity contribution >= 4 is 17.6 Å². The van der Waals surface area contributed by atoms with Gasteiger partial charge >= 0.3 is 5.97 Å². The van der Waals surface area contributed by atoms with Crippen molar-refractivity contribution in [1.82, 2.24) is 4.73 Å². The molecule has 2 heterocycles. The van der Waals surface area contributed by atoms with E-state index in [1.807, 2.05) is 48.5 Å². The highest BCUT2D eigenvalue weighted by Gasteiger charge is 2.21. The summed E-state index contributed by atoms with van der Waals surface area (Å²) in [5, 5.41) is 19.1. The van der Waals surface area contributed by atoms with Gasteiger partial charge in [-0.25, -0.2) is 4.79 Å². The van der Waals surface area contributed by atoms with E-state index in [0.29, 0.717) is 24.1 Å². The number of rotatable bonds is 6. The van der Waals surface area contributed by atoms with E-state index in [4.69, 9.17) is 4.84 Å². The summed E-state index contributed by atoms with van der Waals surface area (Å²) < 4.78 is 0.656. The minimum atomic E-state index is -0.611. The molecule has 0 unspecified atom stereocenters. The Morgan fingerprint density at radius 2 is 1.47 bits per heavy atom. The van der Waals surface area contributed by atoms with Crippen LogP contribution in [0.15, 0.2) is 60.7 Å². The van der Waals surface area contributed by atoms with Crippen LogP contribution < -0.4 is 9.74 Å². The Labute approximate surface area is 185 Å². The van der Waals surface area contributed by atoms with E-state index in [2.05, 4.69) is 11.8 Å². The molecule has 2 N–H and O–H groups in total. The molecule has 162 valence electrons. The van der Waals surface area contributed by atoms with Gasteiger partial charge in [0.05, 0.1) is 12.2 Å². The average Bonchev–Trinajstić information content (AvgIpc) is 3.10. The molecule has 1 aliphatic rings. The van der Waals surface area contributed by atoms with Crippen molar-refractivity contribution in [3.8, 4) is 23.6 Å². The maximum atomic E-state index is 13.1. The Kier molecular flexibility index (Phi) is 6.13. The lowest BCUT2D eigenvalue weighted by Crippen LogP contribution is -2.31. The highest BCUT2D eigenvalue weighted by molar-refractivity contribution is 5.95. The van der Waals surface area contributed by atoms with Crippen LogP contribution in [0, 0.1) is 11.8 Å². The van der Waals surface area contributed by atoms with Crippen molar-refractivity contribution in [1.29, 1.82) is 0 Å². The van der Waals surface area contributed by atoms with Crippen molar-refractivity contribution in [2.75, 3.05) is 4.90 Å². The topological polar surface area (TPSA) is 92.0 Å². The number of hydrogen-bond acceptors (Lipinski definition) is 5. The van der Waals surface area contributed by atoms with Crippen LogP contribution in [-0.2, 0) is 16.1 Å². The smallest absolute Gasteiger partial charge is 0.333 e. The van der Waals surface area contributed by atoms with E-state index in [0.717, 1.165) is 22.4 Å². The van der Waals surface area contributed by atoms with Gasteiger partial charge in [0.2, 0.25) is 17.7 Å². The quantitative estimate of drug-likeness (QED) is 0.462. The number of fused-ring (bicyclic) bond motifs is 2. The van der Waals surface area contributed by atoms with Crippen molar-refractivity contribution < 1.29 is 24.6 Å². The van der Waals surface area contributed by atoms with Crippen LogP contribution >= 0.6 is 0 Å². The molecule has 0 atom stereocenters. The lowest BCUT2D eigenvalue weighted by Gasteiger charge is -2.26. The number of amides is 1. The molecule has 0 aliphatic carbocycles. The van der Waals surface area contributed by atoms with E-state index in [1.54, 1.807) is 4.90 Å². The first kappa shape index (κ1) is 21.1. The van der Waals surface area contributed by atoms with Crippen LogP contribution in [0.3, 0.4) is 0 Å². The van der Waals surface area contributed by atoms with Crippen molar-refractivity contribution in [2.45, 2.75) is 32.2 Å². The molecule has 0 fully saturated rings. The highest BCUT2D eigenvalue weighted by atomic mass is 16.7. The molecule has 32 heavy (non-hydrogen) atoms. The second kappa shape index (κ2) is 9.31. The summed E-state index contributed by atoms with van der Waals surface area (Å²) in [7, 11) is 0. The second-order valence-electron chi connectivity index (χ2n) is 7.42. The van der Waals surface area contributed by atoms with Gasteiger partial charge < -0.3 is 20.0 Å². The molecule has 3 aromatic rings. The van der Waals surface area contributed by atoms with Crippen LogP contribution in [0.2, 0.25) is 0 Å². The molecule has 1 aliphatic heterocycles. The Morgan fingerprint density at radius 3 is 2.25 bits per heavy atom. The van der Waals surface area contributed by atoms with Crippen LogP contribution in [0.25, 0.3) is 0 Å². The number of benzene rings is 2. The van der Waals surface area contributed by atoms with Crippen LogP contribution in [-0.4, -0.2) is 26.8 Å². The number of unbranched alkanes of at least 4 members (excludes halogenated alkanes) is 1. The van der Waals surface area contributed by atoms with E-state index in [-0.39, 0.29) is 30.5 Å². The molecule has 2 aromatic carbocycles. The summed E-state index contributed by atoms with van der Waals surface area (Å²) in [5.41, 5.74) is 3.46. The van der Waals surface area contributed by atoms with Gasteiger partial charge in [0.25, 0.3) is 0 Å². The minimum Gasteiger partial charge on any atom is -0.492 e. The summed E-state index contributed by atoms with van der Waals surface area (Å²) in [5.74, 6) is 4.96. The van der Waals surface area contributed by atoms with Crippen LogP contribution in [0.4, 0.5) is 5.69 Å². The Bertz CT molecular complexity index is 1200. The highest BCUT2D eigenvalue weighted by Crippen LogP contribution is 2.26. The molecule has 0 spiro atoms. The van der Waals surface area contributed by atoms with Gasteiger partial charge in [-0.2, -0.15) is 0 Å². The molecule has 0 radical (unpaired) electrons. The zero-order chi connectivity index (χ0) is 22.5. The third-order valence-electron chi connectivity index (χ3n) is 5.19. The third kappa shape index (κ3) is 4.60. The van der Waals surface area contributed by atoms with Gasteiger partial charge in [0.1, 0.15) is 0 Å². The Hall–Kier alpha value is -4.18. The van der Waals surface area contributed by atoms with E-state index < -0.39 is 5.97 Å². The fourth-order valence-corrected chi connectivity index (χ4v) is 3.53. The molecular formula is C25H22N2O5. The predicted molar refractivity (Wildman–Crippen MR) is 118 cm³/mol. The van der Waals surface area contributed by atoms with Gasteiger partial charge in [-0.15, -0.1) is 4.73 Å². The number of carbonyl (C=O) groups is 2. The lowest BCUT2D eigenvalue weighted by atomic mass is 10.0. The summed E-state index contributed by atoms with van der Waals surface area (Å²) in [6.07, 6.45) is 1.23. The normalized spacial score (nSPS) is 11.9. The van der Waals surface area contributed by atoms with E-state index in [9.17, 15) is 19.8 Å². The molecule has 0 bridgehead atoms. The standard InChI is InChI=1S/C25H22N2O5/c28-22(11-5-6-12-25(31)32-27-23(29)15-16-24(27)30)26-17-20-9-2-1-7-18(20)13-14-19-8-3-4-10-21(19)26/h1-4,7-10,15-16,29-30H,5-6,11-12,17H2. The molecule has 7 heteroatoms. The fraction of sp³-hybridized carbons (Fsp3) is 0.200. The molecule has 4 rings (SSSR count). The third-order valence-corrected chi connectivity index (χ3v) is 5.19. The molecule has 1 amide bonds. The minimum absolute atomic E-state index is 0.0508. The molecule has 7 nitrogen and oxygen atoms in total. The molecule has 1 aromatic heterocycles. The number of hydrogen-bond donors (Lipinski definition) is 2. The van der Waals surface area contributed by atoms with Crippen molar-refractivity contribution in [3.63, 3.8) is 0 Å². The largest absolute Gasteiger partial charge is 0.492 e. The van der Waals surface area contributed by atoms with E-state index >= 15 is 0 Å². The Morgan fingerprint density at radius 1 is 0.844 bits per heavy atom. The van der Waals surface area contributed by atoms with Crippen LogP contribution in [0.1, 0.15) is 42.4 Å². The second-order valence-corrected chi connectivity index (χ2v) is 7.42. The molecule has 0 saturated heterocycles. The number of para-hydroxylation sites is 1. The van der Waals surface area contributed by atoms with Gasteiger partial charge in [-0.3, -0.25) is 4.79 Å². The van der Waals surface area contributed by atoms with Crippen LogP contribution in [0.5, 0.6) is 11.8 Å². The number of nitrogens with zero attached hydrogens (tertiary/aromatic N) is 2. The predicted octanol–water partition coefficient (Wildman–Crippen LogP) is 3.36. The zero-order valence-electron chi connectivity index (χ0n) is 17.3. The SMILES string of the molecule is O=C(CCCCC(=O)N1Cc2ccccc2C#Cc2ccccc21)On1c(O)ccc1O.